The molecule has 4 rings (SSSR count). The van der Waals surface area contributed by atoms with Gasteiger partial charge in [0.1, 0.15) is 0 Å². The van der Waals surface area contributed by atoms with Crippen molar-refractivity contribution in [2.45, 2.75) is 25.7 Å². The Bertz CT molecular complexity index is 948. The fraction of sp³-hybridized carbons (Fsp3) is 0.318. The molecule has 5 nitrogen and oxygen atoms in total. The van der Waals surface area contributed by atoms with E-state index in [-0.39, 0.29) is 11.8 Å². The first-order valence-corrected chi connectivity index (χ1v) is 9.42. The summed E-state index contributed by atoms with van der Waals surface area (Å²) in [4.78, 5) is 19.5. The molecule has 1 aliphatic heterocycles. The number of aromatic nitrogens is 3. The number of amides is 1. The maximum absolute atomic E-state index is 12.8. The monoisotopic (exact) mass is 360 g/mol. The van der Waals surface area contributed by atoms with Crippen molar-refractivity contribution < 1.29 is 4.79 Å². The van der Waals surface area contributed by atoms with Gasteiger partial charge in [0.15, 0.2) is 0 Å². The molecule has 0 N–H and O–H groups in total. The van der Waals surface area contributed by atoms with Crippen LogP contribution in [0.15, 0.2) is 54.9 Å². The van der Waals surface area contributed by atoms with Crippen molar-refractivity contribution >= 4 is 5.91 Å². The van der Waals surface area contributed by atoms with Crippen LogP contribution in [0.5, 0.6) is 0 Å². The molecule has 138 valence electrons. The first-order valence-electron chi connectivity index (χ1n) is 9.42. The summed E-state index contributed by atoms with van der Waals surface area (Å²) in [7, 11) is 1.83. The molecule has 1 aliphatic rings. The molecule has 2 aromatic heterocycles. The summed E-state index contributed by atoms with van der Waals surface area (Å²) in [6.45, 7) is 3.54. The van der Waals surface area contributed by atoms with E-state index in [1.165, 1.54) is 11.1 Å². The zero-order valence-corrected chi connectivity index (χ0v) is 15.8. The number of aryl methyl sites for hydroxylation is 2. The minimum atomic E-state index is 0.0590. The van der Waals surface area contributed by atoms with Gasteiger partial charge in [-0.3, -0.25) is 14.5 Å². The lowest BCUT2D eigenvalue weighted by molar-refractivity contribution is 0.0706. The quantitative estimate of drug-likeness (QED) is 0.714. The Morgan fingerprint density at radius 1 is 1.15 bits per heavy atom. The molecule has 0 aliphatic carbocycles. The van der Waals surface area contributed by atoms with Crippen LogP contribution in [0.1, 0.15) is 40.5 Å². The van der Waals surface area contributed by atoms with Crippen LogP contribution in [0.3, 0.4) is 0 Å². The molecule has 0 spiro atoms. The zero-order valence-electron chi connectivity index (χ0n) is 15.8. The molecule has 27 heavy (non-hydrogen) atoms. The fourth-order valence-corrected chi connectivity index (χ4v) is 3.82. The number of benzene rings is 1. The molecule has 1 fully saturated rings. The molecule has 0 saturated carbocycles. The van der Waals surface area contributed by atoms with E-state index in [0.717, 1.165) is 30.8 Å². The summed E-state index contributed by atoms with van der Waals surface area (Å²) in [5.74, 6) is 0.325. The second-order valence-electron chi connectivity index (χ2n) is 7.28. The number of nitrogens with zero attached hydrogens (tertiary/aromatic N) is 4. The third-order valence-corrected chi connectivity index (χ3v) is 5.16. The maximum Gasteiger partial charge on any atom is 0.257 e. The van der Waals surface area contributed by atoms with E-state index in [9.17, 15) is 4.79 Å². The average Bonchev–Trinajstić information content (AvgIpc) is 3.14. The van der Waals surface area contributed by atoms with Crippen LogP contribution in [0.4, 0.5) is 0 Å². The minimum absolute atomic E-state index is 0.0590. The fourth-order valence-electron chi connectivity index (χ4n) is 3.82. The third kappa shape index (κ3) is 3.77. The van der Waals surface area contributed by atoms with Gasteiger partial charge in [0.2, 0.25) is 0 Å². The minimum Gasteiger partial charge on any atom is -0.338 e. The van der Waals surface area contributed by atoms with Gasteiger partial charge >= 0.3 is 0 Å². The van der Waals surface area contributed by atoms with Gasteiger partial charge in [-0.1, -0.05) is 30.3 Å². The number of piperidine rings is 1. The molecule has 0 radical (unpaired) electrons. The first kappa shape index (κ1) is 17.5. The predicted octanol–water partition coefficient (Wildman–Crippen LogP) is 3.81. The Morgan fingerprint density at radius 2 is 1.96 bits per heavy atom. The average molecular weight is 360 g/mol. The van der Waals surface area contributed by atoms with Crippen molar-refractivity contribution in [1.29, 1.82) is 0 Å². The number of carbonyl (C=O) groups is 1. The normalized spacial score (nSPS) is 17.1. The standard InChI is InChI=1S/C22H24N4O/c1-16-11-19(17-7-4-3-5-8-17)12-21(24-16)18-9-6-10-26(15-18)22(27)20-13-23-25(2)14-20/h3-5,7-8,11-14,18H,6,9-10,15H2,1-2H3. The van der Waals surface area contributed by atoms with Crippen LogP contribution in [0.2, 0.25) is 0 Å². The summed E-state index contributed by atoms with van der Waals surface area (Å²) in [5.41, 5.74) is 5.14. The van der Waals surface area contributed by atoms with Crippen LogP contribution in [-0.4, -0.2) is 38.7 Å². The Labute approximate surface area is 159 Å². The van der Waals surface area contributed by atoms with Gasteiger partial charge in [-0.05, 0) is 43.0 Å². The second kappa shape index (κ2) is 7.35. The molecular formula is C22H24N4O. The largest absolute Gasteiger partial charge is 0.338 e. The van der Waals surface area contributed by atoms with E-state index in [2.05, 4.69) is 41.5 Å². The highest BCUT2D eigenvalue weighted by molar-refractivity contribution is 5.93. The molecule has 1 unspecified atom stereocenters. The van der Waals surface area contributed by atoms with Crippen molar-refractivity contribution in [3.63, 3.8) is 0 Å². The number of hydrogen-bond donors (Lipinski definition) is 0. The zero-order chi connectivity index (χ0) is 18.8. The second-order valence-corrected chi connectivity index (χ2v) is 7.28. The molecule has 0 bridgehead atoms. The lowest BCUT2D eigenvalue weighted by Crippen LogP contribution is -2.39. The number of carbonyl (C=O) groups excluding carboxylic acids is 1. The molecule has 1 atom stereocenters. The number of likely N-dealkylation sites (tertiary alicyclic amines) is 1. The Kier molecular flexibility index (Phi) is 4.75. The Balaban J connectivity index is 1.58. The first-order chi connectivity index (χ1) is 13.1. The Morgan fingerprint density at radius 3 is 2.70 bits per heavy atom. The van der Waals surface area contributed by atoms with Crippen LogP contribution in [-0.2, 0) is 7.05 Å². The summed E-state index contributed by atoms with van der Waals surface area (Å²) in [5, 5.41) is 4.12. The highest BCUT2D eigenvalue weighted by Crippen LogP contribution is 2.30. The third-order valence-electron chi connectivity index (χ3n) is 5.16. The van der Waals surface area contributed by atoms with Crippen molar-refractivity contribution in [2.75, 3.05) is 13.1 Å². The number of rotatable bonds is 3. The highest BCUT2D eigenvalue weighted by Gasteiger charge is 2.27. The summed E-state index contributed by atoms with van der Waals surface area (Å²) in [6, 6.07) is 14.7. The van der Waals surface area contributed by atoms with E-state index in [1.54, 1.807) is 17.1 Å². The van der Waals surface area contributed by atoms with Crippen LogP contribution in [0.25, 0.3) is 11.1 Å². The van der Waals surface area contributed by atoms with E-state index in [0.29, 0.717) is 12.1 Å². The molecule has 1 aromatic carbocycles. The lowest BCUT2D eigenvalue weighted by atomic mass is 9.92. The van der Waals surface area contributed by atoms with Crippen LogP contribution in [0, 0.1) is 6.92 Å². The van der Waals surface area contributed by atoms with Gasteiger partial charge in [0, 0.05) is 43.6 Å². The SMILES string of the molecule is Cc1cc(-c2ccccc2)cc(C2CCCN(C(=O)c3cnn(C)c3)C2)n1. The van der Waals surface area contributed by atoms with E-state index in [4.69, 9.17) is 4.98 Å². The molecular weight excluding hydrogens is 336 g/mol. The molecule has 1 amide bonds. The molecule has 3 aromatic rings. The van der Waals surface area contributed by atoms with Gasteiger partial charge in [-0.2, -0.15) is 5.10 Å². The highest BCUT2D eigenvalue weighted by atomic mass is 16.2. The number of pyridine rings is 1. The molecule has 1 saturated heterocycles. The lowest BCUT2D eigenvalue weighted by Gasteiger charge is -2.32. The van der Waals surface area contributed by atoms with Crippen molar-refractivity contribution in [2.24, 2.45) is 7.05 Å². The van der Waals surface area contributed by atoms with Gasteiger partial charge in [0.05, 0.1) is 11.8 Å². The van der Waals surface area contributed by atoms with E-state index < -0.39 is 0 Å². The van der Waals surface area contributed by atoms with E-state index >= 15 is 0 Å². The smallest absolute Gasteiger partial charge is 0.257 e. The Hall–Kier alpha value is -2.95. The summed E-state index contributed by atoms with van der Waals surface area (Å²) < 4.78 is 1.67. The topological polar surface area (TPSA) is 51.0 Å². The van der Waals surface area contributed by atoms with Crippen molar-refractivity contribution in [3.05, 3.63) is 71.8 Å². The molecule has 3 heterocycles. The van der Waals surface area contributed by atoms with E-state index in [1.807, 2.05) is 24.9 Å². The predicted molar refractivity (Wildman–Crippen MR) is 105 cm³/mol. The van der Waals surface area contributed by atoms with Gasteiger partial charge in [-0.25, -0.2) is 0 Å². The van der Waals surface area contributed by atoms with Crippen molar-refractivity contribution in [1.82, 2.24) is 19.7 Å². The number of hydrogen-bond acceptors (Lipinski definition) is 3. The van der Waals surface area contributed by atoms with Gasteiger partial charge < -0.3 is 4.90 Å². The van der Waals surface area contributed by atoms with Crippen LogP contribution >= 0.6 is 0 Å². The summed E-state index contributed by atoms with van der Waals surface area (Å²) in [6.07, 6.45) is 5.48. The van der Waals surface area contributed by atoms with Gasteiger partial charge in [-0.15, -0.1) is 0 Å². The van der Waals surface area contributed by atoms with Gasteiger partial charge in [0.25, 0.3) is 5.91 Å². The maximum atomic E-state index is 12.8. The summed E-state index contributed by atoms with van der Waals surface area (Å²) >= 11 is 0. The van der Waals surface area contributed by atoms with Crippen LogP contribution < -0.4 is 0 Å². The molecule has 5 heteroatoms. The van der Waals surface area contributed by atoms with Crippen molar-refractivity contribution in [3.8, 4) is 11.1 Å².